The molecular formula is C18H18O2. The third-order valence-electron chi connectivity index (χ3n) is 3.65. The van der Waals surface area contributed by atoms with E-state index in [1.54, 1.807) is 6.92 Å². The normalized spacial score (nSPS) is 13.4. The number of ether oxygens (including phenoxy) is 1. The van der Waals surface area contributed by atoms with Crippen molar-refractivity contribution in [3.8, 4) is 16.9 Å². The van der Waals surface area contributed by atoms with Crippen molar-refractivity contribution >= 4 is 5.78 Å². The van der Waals surface area contributed by atoms with Crippen LogP contribution in [0.25, 0.3) is 11.1 Å². The van der Waals surface area contributed by atoms with Crippen LogP contribution in [0.15, 0.2) is 42.5 Å². The van der Waals surface area contributed by atoms with Gasteiger partial charge in [-0.2, -0.15) is 0 Å². The maximum atomic E-state index is 11.1. The molecule has 2 aromatic rings. The van der Waals surface area contributed by atoms with Crippen molar-refractivity contribution in [2.45, 2.75) is 26.2 Å². The first-order valence-electron chi connectivity index (χ1n) is 7.07. The Labute approximate surface area is 119 Å². The van der Waals surface area contributed by atoms with E-state index >= 15 is 0 Å². The number of carbonyl (C=O) groups excluding carboxylic acids is 1. The van der Waals surface area contributed by atoms with Crippen molar-refractivity contribution in [3.63, 3.8) is 0 Å². The fraction of sp³-hybridized carbons (Fsp3) is 0.278. The number of Topliss-reactive ketones (excluding diaryl/α,β-unsaturated/α-hetero) is 1. The lowest BCUT2D eigenvalue weighted by atomic mass is 9.97. The van der Waals surface area contributed by atoms with Crippen molar-refractivity contribution in [2.75, 3.05) is 6.61 Å². The molecule has 2 aromatic carbocycles. The van der Waals surface area contributed by atoms with Crippen LogP contribution in [0.5, 0.6) is 5.75 Å². The Morgan fingerprint density at radius 1 is 1.10 bits per heavy atom. The zero-order valence-corrected chi connectivity index (χ0v) is 11.7. The number of ketones is 1. The average molecular weight is 266 g/mol. The van der Waals surface area contributed by atoms with Gasteiger partial charge in [0.15, 0.2) is 0 Å². The first-order valence-corrected chi connectivity index (χ1v) is 7.07. The molecule has 0 amide bonds. The van der Waals surface area contributed by atoms with Crippen LogP contribution >= 0.6 is 0 Å². The average Bonchev–Trinajstić information content (AvgIpc) is 2.47. The number of aryl methyl sites for hydroxylation is 1. The first-order chi connectivity index (χ1) is 9.72. The van der Waals surface area contributed by atoms with Gasteiger partial charge in [0, 0.05) is 6.42 Å². The standard InChI is InChI=1S/C18H18O2/c1-13(19)11-14-4-6-15(7-5-14)16-8-9-18-17(12-16)3-2-10-20-18/h4-9,12H,2-3,10-11H2,1H3. The van der Waals surface area contributed by atoms with Crippen LogP contribution in [0, 0.1) is 0 Å². The van der Waals surface area contributed by atoms with E-state index in [1.165, 1.54) is 16.7 Å². The van der Waals surface area contributed by atoms with E-state index in [0.29, 0.717) is 6.42 Å². The molecule has 2 nitrogen and oxygen atoms in total. The molecule has 0 fully saturated rings. The molecule has 1 aliphatic rings. The van der Waals surface area contributed by atoms with Gasteiger partial charge in [-0.3, -0.25) is 4.79 Å². The Balaban J connectivity index is 1.87. The van der Waals surface area contributed by atoms with Crippen molar-refractivity contribution in [1.82, 2.24) is 0 Å². The Bertz CT molecular complexity index is 626. The third-order valence-corrected chi connectivity index (χ3v) is 3.65. The fourth-order valence-corrected chi connectivity index (χ4v) is 2.64. The van der Waals surface area contributed by atoms with Gasteiger partial charge in [-0.25, -0.2) is 0 Å². The van der Waals surface area contributed by atoms with Crippen LogP contribution < -0.4 is 4.74 Å². The molecule has 0 aliphatic carbocycles. The quantitative estimate of drug-likeness (QED) is 0.844. The lowest BCUT2D eigenvalue weighted by molar-refractivity contribution is -0.116. The van der Waals surface area contributed by atoms with E-state index in [1.807, 2.05) is 12.1 Å². The summed E-state index contributed by atoms with van der Waals surface area (Å²) in [4.78, 5) is 11.1. The van der Waals surface area contributed by atoms with Crippen molar-refractivity contribution in [3.05, 3.63) is 53.6 Å². The van der Waals surface area contributed by atoms with Gasteiger partial charge in [0.2, 0.25) is 0 Å². The van der Waals surface area contributed by atoms with E-state index in [0.717, 1.165) is 30.8 Å². The van der Waals surface area contributed by atoms with E-state index < -0.39 is 0 Å². The molecule has 1 heterocycles. The summed E-state index contributed by atoms with van der Waals surface area (Å²) >= 11 is 0. The highest BCUT2D eigenvalue weighted by atomic mass is 16.5. The molecule has 0 bridgehead atoms. The van der Waals surface area contributed by atoms with Gasteiger partial charge in [0.25, 0.3) is 0 Å². The Kier molecular flexibility index (Phi) is 3.55. The van der Waals surface area contributed by atoms with Gasteiger partial charge >= 0.3 is 0 Å². The second kappa shape index (κ2) is 5.49. The number of carbonyl (C=O) groups is 1. The molecule has 0 aromatic heterocycles. The fourth-order valence-electron chi connectivity index (χ4n) is 2.64. The molecule has 3 rings (SSSR count). The summed E-state index contributed by atoms with van der Waals surface area (Å²) in [5, 5.41) is 0. The molecule has 1 aliphatic heterocycles. The van der Waals surface area contributed by atoms with E-state index in [2.05, 4.69) is 30.3 Å². The SMILES string of the molecule is CC(=O)Cc1ccc(-c2ccc3c(c2)CCCO3)cc1. The van der Waals surface area contributed by atoms with E-state index in [9.17, 15) is 4.79 Å². The second-order valence-corrected chi connectivity index (χ2v) is 5.35. The molecule has 0 spiro atoms. The molecule has 0 unspecified atom stereocenters. The third kappa shape index (κ3) is 2.74. The minimum absolute atomic E-state index is 0.198. The Morgan fingerprint density at radius 3 is 2.60 bits per heavy atom. The maximum absolute atomic E-state index is 11.1. The van der Waals surface area contributed by atoms with Crippen molar-refractivity contribution < 1.29 is 9.53 Å². The van der Waals surface area contributed by atoms with Crippen LogP contribution in [0.3, 0.4) is 0 Å². The number of hydrogen-bond donors (Lipinski definition) is 0. The van der Waals surface area contributed by atoms with Gasteiger partial charge in [0.05, 0.1) is 6.61 Å². The van der Waals surface area contributed by atoms with Gasteiger partial charge < -0.3 is 4.74 Å². The summed E-state index contributed by atoms with van der Waals surface area (Å²) in [6.07, 6.45) is 2.69. The van der Waals surface area contributed by atoms with Gasteiger partial charge in [-0.05, 0) is 54.2 Å². The van der Waals surface area contributed by atoms with Crippen molar-refractivity contribution in [2.24, 2.45) is 0 Å². The summed E-state index contributed by atoms with van der Waals surface area (Å²) in [6, 6.07) is 14.6. The summed E-state index contributed by atoms with van der Waals surface area (Å²) < 4.78 is 5.64. The van der Waals surface area contributed by atoms with Crippen LogP contribution in [0.1, 0.15) is 24.5 Å². The van der Waals surface area contributed by atoms with E-state index in [4.69, 9.17) is 4.74 Å². The summed E-state index contributed by atoms with van der Waals surface area (Å²) in [5.41, 5.74) is 4.76. The van der Waals surface area contributed by atoms with E-state index in [-0.39, 0.29) is 5.78 Å². The summed E-state index contributed by atoms with van der Waals surface area (Å²) in [7, 11) is 0. The molecule has 0 saturated heterocycles. The Hall–Kier alpha value is -2.09. The molecular weight excluding hydrogens is 248 g/mol. The highest BCUT2D eigenvalue weighted by molar-refractivity contribution is 5.78. The van der Waals surface area contributed by atoms with Crippen molar-refractivity contribution in [1.29, 1.82) is 0 Å². The monoisotopic (exact) mass is 266 g/mol. The molecule has 0 atom stereocenters. The number of rotatable bonds is 3. The molecule has 102 valence electrons. The molecule has 20 heavy (non-hydrogen) atoms. The number of benzene rings is 2. The molecule has 0 saturated carbocycles. The predicted molar refractivity (Wildman–Crippen MR) is 80.1 cm³/mol. The Morgan fingerprint density at radius 2 is 1.85 bits per heavy atom. The maximum Gasteiger partial charge on any atom is 0.134 e. The minimum atomic E-state index is 0.198. The molecule has 0 radical (unpaired) electrons. The second-order valence-electron chi connectivity index (χ2n) is 5.35. The number of hydrogen-bond acceptors (Lipinski definition) is 2. The molecule has 2 heteroatoms. The first kappa shape index (κ1) is 12.9. The van der Waals surface area contributed by atoms with Gasteiger partial charge in [0.1, 0.15) is 11.5 Å². The smallest absolute Gasteiger partial charge is 0.134 e. The highest BCUT2D eigenvalue weighted by Gasteiger charge is 2.11. The predicted octanol–water partition coefficient (Wildman–Crippen LogP) is 3.81. The van der Waals surface area contributed by atoms with Crippen LogP contribution in [0.2, 0.25) is 0 Å². The summed E-state index contributed by atoms with van der Waals surface area (Å²) in [6.45, 7) is 2.45. The number of fused-ring (bicyclic) bond motifs is 1. The zero-order valence-electron chi connectivity index (χ0n) is 11.7. The zero-order chi connectivity index (χ0) is 13.9. The lowest BCUT2D eigenvalue weighted by Gasteiger charge is -2.18. The molecule has 0 N–H and O–H groups in total. The largest absolute Gasteiger partial charge is 0.493 e. The summed E-state index contributed by atoms with van der Waals surface area (Å²) in [5.74, 6) is 1.22. The lowest BCUT2D eigenvalue weighted by Crippen LogP contribution is -2.08. The minimum Gasteiger partial charge on any atom is -0.493 e. The van der Waals surface area contributed by atoms with Crippen LogP contribution in [-0.4, -0.2) is 12.4 Å². The van der Waals surface area contributed by atoms with Crippen LogP contribution in [-0.2, 0) is 17.6 Å². The topological polar surface area (TPSA) is 26.3 Å². The van der Waals surface area contributed by atoms with Gasteiger partial charge in [-0.15, -0.1) is 0 Å². The van der Waals surface area contributed by atoms with Gasteiger partial charge in [-0.1, -0.05) is 30.3 Å². The van der Waals surface area contributed by atoms with Crippen LogP contribution in [0.4, 0.5) is 0 Å². The highest BCUT2D eigenvalue weighted by Crippen LogP contribution is 2.30.